The van der Waals surface area contributed by atoms with E-state index in [1.807, 2.05) is 19.1 Å². The summed E-state index contributed by atoms with van der Waals surface area (Å²) in [4.78, 5) is 24.3. The Kier molecular flexibility index (Phi) is 3.85. The highest BCUT2D eigenvalue weighted by molar-refractivity contribution is 5.94. The van der Waals surface area contributed by atoms with Crippen molar-refractivity contribution in [3.8, 4) is 11.5 Å². The van der Waals surface area contributed by atoms with Crippen molar-refractivity contribution < 1.29 is 18.7 Å². The van der Waals surface area contributed by atoms with Crippen molar-refractivity contribution in [3.05, 3.63) is 70.1 Å². The van der Waals surface area contributed by atoms with E-state index in [9.17, 15) is 9.59 Å². The highest BCUT2D eigenvalue weighted by Gasteiger charge is 2.17. The number of para-hydroxylation sites is 1. The number of ether oxygens (including phenoxy) is 2. The van der Waals surface area contributed by atoms with Crippen molar-refractivity contribution in [1.29, 1.82) is 0 Å². The number of benzene rings is 2. The molecule has 1 aromatic heterocycles. The van der Waals surface area contributed by atoms with Gasteiger partial charge in [-0.05, 0) is 42.8 Å². The molecule has 0 unspecified atom stereocenters. The Labute approximate surface area is 132 Å². The van der Waals surface area contributed by atoms with Gasteiger partial charge >= 0.3 is 11.6 Å². The Morgan fingerprint density at radius 1 is 1.09 bits per heavy atom. The van der Waals surface area contributed by atoms with E-state index in [2.05, 4.69) is 0 Å². The molecule has 0 bridgehead atoms. The fraction of sp³-hybridized carbons (Fsp3) is 0.111. The van der Waals surface area contributed by atoms with E-state index in [-0.39, 0.29) is 5.56 Å². The minimum atomic E-state index is -0.752. The summed E-state index contributed by atoms with van der Waals surface area (Å²) in [5, 5.41) is 0.584. The third-order valence-corrected chi connectivity index (χ3v) is 3.46. The van der Waals surface area contributed by atoms with Gasteiger partial charge in [0.1, 0.15) is 22.6 Å². The summed E-state index contributed by atoms with van der Waals surface area (Å²) in [7, 11) is 1.54. The number of methoxy groups -OCH3 is 1. The molecule has 2 aromatic carbocycles. The first-order valence-corrected chi connectivity index (χ1v) is 6.98. The van der Waals surface area contributed by atoms with Crippen molar-refractivity contribution in [2.45, 2.75) is 6.92 Å². The molecule has 5 heteroatoms. The molecular weight excluding hydrogens is 296 g/mol. The fourth-order valence-corrected chi connectivity index (χ4v) is 2.20. The standard InChI is InChI=1S/C18H14O5/c1-11-5-3-4-6-15(11)22-17(19)14-10-12-9-13(21-2)7-8-16(12)23-18(14)20/h3-10H,1-2H3. The first-order valence-electron chi connectivity index (χ1n) is 6.98. The maximum atomic E-state index is 12.3. The quantitative estimate of drug-likeness (QED) is 0.422. The molecule has 0 aliphatic carbocycles. The second-order valence-corrected chi connectivity index (χ2v) is 5.01. The third kappa shape index (κ3) is 2.94. The Morgan fingerprint density at radius 2 is 1.87 bits per heavy atom. The third-order valence-electron chi connectivity index (χ3n) is 3.46. The predicted octanol–water partition coefficient (Wildman–Crippen LogP) is 3.33. The van der Waals surface area contributed by atoms with Crippen LogP contribution in [0.4, 0.5) is 0 Å². The molecule has 0 N–H and O–H groups in total. The molecule has 0 radical (unpaired) electrons. The molecule has 3 aromatic rings. The number of esters is 1. The van der Waals surface area contributed by atoms with E-state index in [4.69, 9.17) is 13.9 Å². The van der Waals surface area contributed by atoms with Crippen molar-refractivity contribution in [2.24, 2.45) is 0 Å². The molecule has 0 atom stereocenters. The minimum absolute atomic E-state index is 0.158. The van der Waals surface area contributed by atoms with Crippen LogP contribution in [0.25, 0.3) is 11.0 Å². The summed E-state index contributed by atoms with van der Waals surface area (Å²) in [5.74, 6) is 0.255. The van der Waals surface area contributed by atoms with Gasteiger partial charge in [0.25, 0.3) is 0 Å². The molecule has 0 saturated carbocycles. The molecule has 0 fully saturated rings. The first-order chi connectivity index (χ1) is 11.1. The van der Waals surface area contributed by atoms with Gasteiger partial charge in [0.2, 0.25) is 0 Å². The van der Waals surface area contributed by atoms with Gasteiger partial charge in [-0.15, -0.1) is 0 Å². The molecule has 0 amide bonds. The molecule has 1 heterocycles. The van der Waals surface area contributed by atoms with Crippen LogP contribution in [-0.2, 0) is 0 Å². The second-order valence-electron chi connectivity index (χ2n) is 5.01. The summed E-state index contributed by atoms with van der Waals surface area (Å²) >= 11 is 0. The largest absolute Gasteiger partial charge is 0.497 e. The van der Waals surface area contributed by atoms with Crippen LogP contribution < -0.4 is 15.1 Å². The van der Waals surface area contributed by atoms with E-state index in [1.165, 1.54) is 13.2 Å². The van der Waals surface area contributed by atoms with Gasteiger partial charge in [0.05, 0.1) is 7.11 Å². The zero-order chi connectivity index (χ0) is 16.4. The molecule has 0 spiro atoms. The van der Waals surface area contributed by atoms with Crippen LogP contribution in [0.1, 0.15) is 15.9 Å². The Balaban J connectivity index is 2.01. The first kappa shape index (κ1) is 14.8. The van der Waals surface area contributed by atoms with E-state index in [0.717, 1.165) is 5.56 Å². The number of hydrogen-bond donors (Lipinski definition) is 0. The number of carbonyl (C=O) groups excluding carboxylic acids is 1. The summed E-state index contributed by atoms with van der Waals surface area (Å²) in [5.41, 5.74) is 0.284. The van der Waals surface area contributed by atoms with E-state index >= 15 is 0 Å². The Morgan fingerprint density at radius 3 is 2.61 bits per heavy atom. The summed E-state index contributed by atoms with van der Waals surface area (Å²) in [6.45, 7) is 1.82. The van der Waals surface area contributed by atoms with Gasteiger partial charge in [-0.1, -0.05) is 18.2 Å². The van der Waals surface area contributed by atoms with Crippen LogP contribution in [0.15, 0.2) is 57.7 Å². The summed E-state index contributed by atoms with van der Waals surface area (Å²) in [6, 6.07) is 13.5. The fourth-order valence-electron chi connectivity index (χ4n) is 2.20. The van der Waals surface area contributed by atoms with Crippen molar-refractivity contribution in [1.82, 2.24) is 0 Å². The predicted molar refractivity (Wildman–Crippen MR) is 85.2 cm³/mol. The van der Waals surface area contributed by atoms with Crippen LogP contribution in [-0.4, -0.2) is 13.1 Å². The molecule has 0 aliphatic heterocycles. The summed E-state index contributed by atoms with van der Waals surface area (Å²) < 4.78 is 15.6. The lowest BCUT2D eigenvalue weighted by molar-refractivity contribution is 0.0729. The smallest absolute Gasteiger partial charge is 0.351 e. The van der Waals surface area contributed by atoms with Gasteiger partial charge in [0.15, 0.2) is 0 Å². The number of aryl methyl sites for hydroxylation is 1. The molecule has 0 aliphatic rings. The SMILES string of the molecule is COc1ccc2oc(=O)c(C(=O)Oc3ccccc3C)cc2c1. The summed E-state index contributed by atoms with van der Waals surface area (Å²) in [6.07, 6.45) is 0. The lowest BCUT2D eigenvalue weighted by atomic mass is 10.1. The van der Waals surface area contributed by atoms with Gasteiger partial charge in [0, 0.05) is 5.39 Å². The number of rotatable bonds is 3. The van der Waals surface area contributed by atoms with Crippen LogP contribution in [0.3, 0.4) is 0 Å². The molecule has 23 heavy (non-hydrogen) atoms. The normalized spacial score (nSPS) is 10.5. The topological polar surface area (TPSA) is 65.7 Å². The molecule has 116 valence electrons. The molecule has 3 rings (SSSR count). The van der Waals surface area contributed by atoms with Crippen LogP contribution in [0.2, 0.25) is 0 Å². The molecule has 5 nitrogen and oxygen atoms in total. The lowest BCUT2D eigenvalue weighted by Gasteiger charge is -2.07. The van der Waals surface area contributed by atoms with Crippen LogP contribution >= 0.6 is 0 Å². The zero-order valence-corrected chi connectivity index (χ0v) is 12.7. The highest BCUT2D eigenvalue weighted by Crippen LogP contribution is 2.22. The molecular formula is C18H14O5. The zero-order valence-electron chi connectivity index (χ0n) is 12.7. The maximum Gasteiger partial charge on any atom is 0.351 e. The Bertz CT molecular complexity index is 940. The maximum absolute atomic E-state index is 12.3. The van der Waals surface area contributed by atoms with E-state index < -0.39 is 11.6 Å². The van der Waals surface area contributed by atoms with Gasteiger partial charge in [-0.2, -0.15) is 0 Å². The monoisotopic (exact) mass is 310 g/mol. The van der Waals surface area contributed by atoms with Gasteiger partial charge < -0.3 is 13.9 Å². The van der Waals surface area contributed by atoms with E-state index in [0.29, 0.717) is 22.5 Å². The highest BCUT2D eigenvalue weighted by atomic mass is 16.5. The van der Waals surface area contributed by atoms with E-state index in [1.54, 1.807) is 30.3 Å². The van der Waals surface area contributed by atoms with Crippen molar-refractivity contribution in [3.63, 3.8) is 0 Å². The van der Waals surface area contributed by atoms with Gasteiger partial charge in [-0.3, -0.25) is 0 Å². The second kappa shape index (κ2) is 5.96. The average molecular weight is 310 g/mol. The van der Waals surface area contributed by atoms with Crippen LogP contribution in [0.5, 0.6) is 11.5 Å². The van der Waals surface area contributed by atoms with Crippen LogP contribution in [0, 0.1) is 6.92 Å². The van der Waals surface area contributed by atoms with Crippen molar-refractivity contribution in [2.75, 3.05) is 7.11 Å². The Hall–Kier alpha value is -3.08. The minimum Gasteiger partial charge on any atom is -0.497 e. The molecule has 0 saturated heterocycles. The van der Waals surface area contributed by atoms with Crippen molar-refractivity contribution >= 4 is 16.9 Å². The number of hydrogen-bond acceptors (Lipinski definition) is 5. The van der Waals surface area contributed by atoms with Gasteiger partial charge in [-0.25, -0.2) is 9.59 Å². The lowest BCUT2D eigenvalue weighted by Crippen LogP contribution is -2.19. The number of fused-ring (bicyclic) bond motifs is 1. The number of carbonyl (C=O) groups is 1. The average Bonchev–Trinajstić information content (AvgIpc) is 2.55.